The van der Waals surface area contributed by atoms with Crippen molar-refractivity contribution in [1.82, 2.24) is 0 Å². The summed E-state index contributed by atoms with van der Waals surface area (Å²) in [7, 11) is 0. The number of carboxylic acid groups (broad SMARTS) is 2. The molecule has 0 amide bonds. The molecule has 0 saturated heterocycles. The average Bonchev–Trinajstić information content (AvgIpc) is 3.09. The Balaban J connectivity index is 0.000000157. The van der Waals surface area contributed by atoms with Gasteiger partial charge in [0.05, 0.1) is 11.1 Å². The van der Waals surface area contributed by atoms with Gasteiger partial charge in [0.15, 0.2) is 10.9 Å². The second-order valence-electron chi connectivity index (χ2n) is 11.4. The summed E-state index contributed by atoms with van der Waals surface area (Å²) < 4.78 is 11.6. The van der Waals surface area contributed by atoms with Gasteiger partial charge in [-0.05, 0) is 71.8 Å². The highest BCUT2D eigenvalue weighted by Gasteiger charge is 2.23. The van der Waals surface area contributed by atoms with E-state index in [1.165, 1.54) is 42.5 Å². The summed E-state index contributed by atoms with van der Waals surface area (Å²) in [6.07, 6.45) is 0. The fourth-order valence-electron chi connectivity index (χ4n) is 6.10. The highest BCUT2D eigenvalue weighted by Crippen LogP contribution is 2.43. The summed E-state index contributed by atoms with van der Waals surface area (Å²) in [5, 5.41) is 30.2. The third-order valence-corrected chi connectivity index (χ3v) is 8.25. The summed E-state index contributed by atoms with van der Waals surface area (Å²) in [4.78, 5) is 46.8. The second kappa shape index (κ2) is 12.4. The number of hydrogen-bond acceptors (Lipinski definition) is 8. The van der Waals surface area contributed by atoms with E-state index in [4.69, 9.17) is 14.6 Å². The van der Waals surface area contributed by atoms with E-state index in [9.17, 15) is 34.5 Å². The quantitative estimate of drug-likeness (QED) is 0.107. The van der Waals surface area contributed by atoms with Gasteiger partial charge in [-0.15, -0.1) is 0 Å². The Kier molecular flexibility index (Phi) is 7.81. The van der Waals surface area contributed by atoms with E-state index in [2.05, 4.69) is 0 Å². The lowest BCUT2D eigenvalue weighted by Crippen LogP contribution is -2.03. The van der Waals surface area contributed by atoms with E-state index in [0.29, 0.717) is 67.1 Å². The largest absolute Gasteiger partial charge is 0.508 e. The molecule has 10 nitrogen and oxygen atoms in total. The zero-order valence-corrected chi connectivity index (χ0v) is 25.9. The highest BCUT2D eigenvalue weighted by atomic mass is 16.4. The highest BCUT2D eigenvalue weighted by molar-refractivity contribution is 6.09. The number of benzene rings is 6. The monoisotopic (exact) mass is 663 g/mol. The molecule has 244 valence electrons. The van der Waals surface area contributed by atoms with Crippen molar-refractivity contribution in [1.29, 1.82) is 0 Å². The van der Waals surface area contributed by atoms with Crippen molar-refractivity contribution in [3.05, 3.63) is 153 Å². The van der Waals surface area contributed by atoms with Gasteiger partial charge in [0, 0.05) is 63.0 Å². The van der Waals surface area contributed by atoms with Gasteiger partial charge in [0.1, 0.15) is 28.4 Å². The van der Waals surface area contributed by atoms with E-state index in [1.54, 1.807) is 78.9 Å². The molecule has 0 unspecified atom stereocenters. The zero-order chi connectivity index (χ0) is 35.1. The predicted molar refractivity (Wildman–Crippen MR) is 189 cm³/mol. The van der Waals surface area contributed by atoms with Crippen LogP contribution in [0.25, 0.3) is 66.8 Å². The lowest BCUT2D eigenvalue weighted by molar-refractivity contribution is 0.0687. The maximum Gasteiger partial charge on any atom is 0.336 e. The van der Waals surface area contributed by atoms with Crippen molar-refractivity contribution in [3.8, 4) is 50.7 Å². The van der Waals surface area contributed by atoms with Crippen LogP contribution in [0.1, 0.15) is 20.7 Å². The van der Waals surface area contributed by atoms with Crippen molar-refractivity contribution < 1.29 is 33.7 Å². The summed E-state index contributed by atoms with van der Waals surface area (Å²) >= 11 is 0. The number of phenolic OH excluding ortho intramolecular Hbond substituents is 1. The number of anilines is 1. The van der Waals surface area contributed by atoms with Gasteiger partial charge in [-0.2, -0.15) is 0 Å². The van der Waals surface area contributed by atoms with Crippen LogP contribution in [0.3, 0.4) is 0 Å². The van der Waals surface area contributed by atoms with Crippen molar-refractivity contribution in [2.24, 2.45) is 0 Å². The molecule has 50 heavy (non-hydrogen) atoms. The van der Waals surface area contributed by atoms with Gasteiger partial charge in [0.2, 0.25) is 0 Å². The minimum atomic E-state index is -1.04. The smallest absolute Gasteiger partial charge is 0.336 e. The summed E-state index contributed by atoms with van der Waals surface area (Å²) in [6.45, 7) is 0. The molecule has 4 aromatic carbocycles. The number of aromatic hydroxyl groups is 1. The molecule has 0 saturated carbocycles. The first-order valence-electron chi connectivity index (χ1n) is 15.2. The van der Waals surface area contributed by atoms with Crippen molar-refractivity contribution >= 4 is 39.6 Å². The topological polar surface area (TPSA) is 181 Å². The van der Waals surface area contributed by atoms with Gasteiger partial charge in [-0.1, -0.05) is 36.4 Å². The predicted octanol–water partition coefficient (Wildman–Crippen LogP) is 7.81. The number of nitrogens with two attached hydrogens (primary N) is 1. The average molecular weight is 664 g/mol. The van der Waals surface area contributed by atoms with Gasteiger partial charge in [-0.3, -0.25) is 9.59 Å². The molecular weight excluding hydrogens is 638 g/mol. The van der Waals surface area contributed by atoms with E-state index in [-0.39, 0.29) is 27.7 Å². The molecule has 5 N–H and O–H groups in total. The molecule has 8 rings (SSSR count). The fourth-order valence-corrected chi connectivity index (χ4v) is 6.10. The number of fused-ring (bicyclic) bond motifs is 4. The van der Waals surface area contributed by atoms with Crippen LogP contribution < -0.4 is 16.6 Å². The van der Waals surface area contributed by atoms with E-state index in [1.807, 2.05) is 0 Å². The second-order valence-corrected chi connectivity index (χ2v) is 11.4. The molecule has 0 spiro atoms. The molecule has 0 radical (unpaired) electrons. The van der Waals surface area contributed by atoms with Gasteiger partial charge >= 0.3 is 11.9 Å². The number of carboxylic acids is 2. The van der Waals surface area contributed by atoms with Crippen molar-refractivity contribution in [2.75, 3.05) is 5.73 Å². The molecule has 0 atom stereocenters. The molecule has 0 bridgehead atoms. The van der Waals surface area contributed by atoms with E-state index < -0.39 is 11.9 Å². The first kappa shape index (κ1) is 31.4. The lowest BCUT2D eigenvalue weighted by Gasteiger charge is -2.16. The Hall–Kier alpha value is -7.20. The zero-order valence-electron chi connectivity index (χ0n) is 25.9. The number of rotatable bonds is 4. The normalized spacial score (nSPS) is 11.0. The standard InChI is InChI=1S/C20H13NO4.C20H12O5/c2*21-11-5-7-15-17(9-11)25-18-10-12(22)6-8-16(18)19(15)13-3-1-2-4-14(13)20(23)24/h1-10H,21H2,(H,23,24);1-10,21H,(H,23,24). The minimum absolute atomic E-state index is 0.0198. The Morgan fingerprint density at radius 3 is 1.48 bits per heavy atom. The van der Waals surface area contributed by atoms with Crippen LogP contribution in [-0.4, -0.2) is 27.3 Å². The Bertz CT molecular complexity index is 2500. The molecule has 2 aliphatic carbocycles. The van der Waals surface area contributed by atoms with E-state index in [0.717, 1.165) is 5.39 Å². The van der Waals surface area contributed by atoms with Gasteiger partial charge in [-0.25, -0.2) is 9.59 Å². The molecule has 2 aliphatic heterocycles. The van der Waals surface area contributed by atoms with Gasteiger partial charge < -0.3 is 29.9 Å². The third-order valence-electron chi connectivity index (χ3n) is 8.25. The maximum absolute atomic E-state index is 11.7. The molecule has 2 heterocycles. The van der Waals surface area contributed by atoms with Crippen molar-refractivity contribution in [3.63, 3.8) is 0 Å². The van der Waals surface area contributed by atoms with E-state index >= 15 is 0 Å². The van der Waals surface area contributed by atoms with Gasteiger partial charge in [0.25, 0.3) is 0 Å². The Morgan fingerprint density at radius 1 is 0.520 bits per heavy atom. The first-order chi connectivity index (χ1) is 24.1. The molecule has 4 aliphatic rings. The number of aromatic carboxylic acids is 2. The third kappa shape index (κ3) is 5.67. The minimum Gasteiger partial charge on any atom is -0.508 e. The number of carbonyl (C=O) groups is 2. The SMILES string of the molecule is Nc1ccc2c(-c3ccccc3C(=O)O)c3ccc(=O)cc-3oc2c1.O=C(O)c1ccccc1-c1c2ccc(=O)cc-2oc2cc(O)ccc12. The number of phenols is 1. The van der Waals surface area contributed by atoms with Crippen LogP contribution in [0.2, 0.25) is 0 Å². The molecular formula is C40H25NO9. The van der Waals surface area contributed by atoms with Crippen LogP contribution in [0, 0.1) is 0 Å². The Labute approximate surface area is 282 Å². The van der Waals surface area contributed by atoms with Crippen LogP contribution in [-0.2, 0) is 0 Å². The Morgan fingerprint density at radius 2 is 0.980 bits per heavy atom. The summed E-state index contributed by atoms with van der Waals surface area (Å²) in [6, 6.07) is 32.1. The molecule has 10 heteroatoms. The van der Waals surface area contributed by atoms with Crippen molar-refractivity contribution in [2.45, 2.75) is 0 Å². The molecule has 4 aromatic rings. The van der Waals surface area contributed by atoms with Crippen LogP contribution >= 0.6 is 0 Å². The fraction of sp³-hybridized carbons (Fsp3) is 0. The first-order valence-corrected chi connectivity index (χ1v) is 15.2. The summed E-state index contributed by atoms with van der Waals surface area (Å²) in [5.74, 6) is -1.32. The molecule has 0 aromatic heterocycles. The molecule has 0 fully saturated rings. The van der Waals surface area contributed by atoms with Crippen LogP contribution in [0.4, 0.5) is 5.69 Å². The number of nitrogen functional groups attached to an aromatic ring is 1. The maximum atomic E-state index is 11.7. The van der Waals surface area contributed by atoms with Crippen LogP contribution in [0.15, 0.2) is 140 Å². The number of hydrogen-bond donors (Lipinski definition) is 4. The lowest BCUT2D eigenvalue weighted by atomic mass is 9.91. The summed E-state index contributed by atoms with van der Waals surface area (Å²) in [5.41, 5.74) is 10.9. The van der Waals surface area contributed by atoms with Crippen LogP contribution in [0.5, 0.6) is 5.75 Å².